The van der Waals surface area contributed by atoms with E-state index in [-0.39, 0.29) is 6.04 Å². The molecule has 1 amide bonds. The van der Waals surface area contributed by atoms with Crippen molar-refractivity contribution in [1.82, 2.24) is 14.7 Å². The highest BCUT2D eigenvalue weighted by Crippen LogP contribution is 2.28. The van der Waals surface area contributed by atoms with Crippen LogP contribution in [-0.2, 0) is 9.53 Å². The summed E-state index contributed by atoms with van der Waals surface area (Å²) >= 11 is 0. The number of hydrogen-bond acceptors (Lipinski definition) is 4. The Morgan fingerprint density at radius 1 is 1.18 bits per heavy atom. The van der Waals surface area contributed by atoms with E-state index in [1.54, 1.807) is 7.11 Å². The number of likely N-dealkylation sites (tertiary alicyclic amines) is 1. The van der Waals surface area contributed by atoms with E-state index in [4.69, 9.17) is 4.74 Å². The predicted molar refractivity (Wildman–Crippen MR) is 114 cm³/mol. The second-order valence-electron chi connectivity index (χ2n) is 8.44. The third-order valence-electron chi connectivity index (χ3n) is 6.50. The zero-order valence-electron chi connectivity index (χ0n) is 18.1. The summed E-state index contributed by atoms with van der Waals surface area (Å²) in [6.45, 7) is 9.80. The molecule has 2 unspecified atom stereocenters. The molecule has 5 nitrogen and oxygen atoms in total. The smallest absolute Gasteiger partial charge is 0.240 e. The minimum atomic E-state index is 0.00441. The van der Waals surface area contributed by atoms with Gasteiger partial charge >= 0.3 is 0 Å². The molecule has 0 aromatic carbocycles. The number of rotatable bonds is 5. The lowest BCUT2D eigenvalue weighted by Gasteiger charge is -2.40. The number of hydrogen-bond donors (Lipinski definition) is 0. The average molecular weight is 388 g/mol. The van der Waals surface area contributed by atoms with Crippen LogP contribution in [0.2, 0.25) is 0 Å². The molecule has 2 fully saturated rings. The summed E-state index contributed by atoms with van der Waals surface area (Å²) in [5.74, 6) is 1.71. The summed E-state index contributed by atoms with van der Waals surface area (Å²) in [6.07, 6.45) is 11.1. The van der Waals surface area contributed by atoms with E-state index in [2.05, 4.69) is 53.8 Å². The molecule has 28 heavy (non-hydrogen) atoms. The van der Waals surface area contributed by atoms with Gasteiger partial charge in [-0.1, -0.05) is 25.5 Å². The number of carbonyl (C=O) groups is 1. The second kappa shape index (κ2) is 9.75. The van der Waals surface area contributed by atoms with E-state index < -0.39 is 0 Å². The van der Waals surface area contributed by atoms with Gasteiger partial charge in [0.15, 0.2) is 0 Å². The van der Waals surface area contributed by atoms with Gasteiger partial charge in [-0.25, -0.2) is 0 Å². The molecular formula is C23H37N3O2. The number of methoxy groups -OCH3 is 1. The lowest BCUT2D eigenvalue weighted by molar-refractivity contribution is -0.139. The first-order valence-corrected chi connectivity index (χ1v) is 10.9. The van der Waals surface area contributed by atoms with Gasteiger partial charge in [0.05, 0.1) is 13.2 Å². The van der Waals surface area contributed by atoms with Crippen LogP contribution in [0.15, 0.2) is 35.1 Å². The minimum absolute atomic E-state index is 0.00441. The molecule has 1 aliphatic carbocycles. The number of likely N-dealkylation sites (N-methyl/N-ethyl adjacent to an activating group) is 1. The van der Waals surface area contributed by atoms with Crippen molar-refractivity contribution in [1.29, 1.82) is 0 Å². The third-order valence-corrected chi connectivity index (χ3v) is 6.50. The van der Waals surface area contributed by atoms with Gasteiger partial charge in [0, 0.05) is 38.3 Å². The standard InChI is InChI=1S/C23H37N3O2/c1-5-19-10-9-18(2)20(22(16-19)28-4)17-26-11-7-6-8-21(26)23(27)25-14-12-24(3)13-15-25/h9-10,16,19,21H,5-8,11-15,17H2,1-4H3. The number of nitrogens with zero attached hydrogens (tertiary/aromatic N) is 3. The fraction of sp³-hybridized carbons (Fsp3) is 0.696. The predicted octanol–water partition coefficient (Wildman–Crippen LogP) is 3.06. The summed E-state index contributed by atoms with van der Waals surface area (Å²) in [5, 5.41) is 0. The Morgan fingerprint density at radius 2 is 1.93 bits per heavy atom. The lowest BCUT2D eigenvalue weighted by atomic mass is 9.98. The maximum atomic E-state index is 13.3. The maximum absolute atomic E-state index is 13.3. The highest BCUT2D eigenvalue weighted by atomic mass is 16.5. The Kier molecular flexibility index (Phi) is 7.36. The zero-order chi connectivity index (χ0) is 20.1. The van der Waals surface area contributed by atoms with Crippen LogP contribution in [0.3, 0.4) is 0 Å². The van der Waals surface area contributed by atoms with E-state index >= 15 is 0 Å². The number of carbonyl (C=O) groups excluding carboxylic acids is 1. The first-order chi connectivity index (χ1) is 13.5. The number of piperidine rings is 1. The first-order valence-electron chi connectivity index (χ1n) is 10.9. The Balaban J connectivity index is 1.76. The fourth-order valence-electron chi connectivity index (χ4n) is 4.46. The van der Waals surface area contributed by atoms with Crippen LogP contribution in [0.1, 0.15) is 39.5 Å². The molecule has 0 radical (unpaired) electrons. The van der Waals surface area contributed by atoms with Gasteiger partial charge in [0.25, 0.3) is 0 Å². The number of amides is 1. The molecule has 0 aromatic heterocycles. The molecule has 0 spiro atoms. The molecule has 0 N–H and O–H groups in total. The zero-order valence-corrected chi connectivity index (χ0v) is 18.1. The molecule has 2 aliphatic heterocycles. The van der Waals surface area contributed by atoms with Crippen molar-refractivity contribution < 1.29 is 9.53 Å². The summed E-state index contributed by atoms with van der Waals surface area (Å²) in [5.41, 5.74) is 2.48. The highest BCUT2D eigenvalue weighted by molar-refractivity contribution is 5.82. The van der Waals surface area contributed by atoms with Crippen molar-refractivity contribution >= 4 is 5.91 Å². The van der Waals surface area contributed by atoms with Crippen molar-refractivity contribution in [2.45, 2.75) is 45.6 Å². The van der Waals surface area contributed by atoms with E-state index in [9.17, 15) is 4.79 Å². The molecule has 0 aromatic rings. The molecule has 156 valence electrons. The Bertz CT molecular complexity index is 644. The average Bonchev–Trinajstić information content (AvgIpc) is 2.87. The SMILES string of the molecule is CCC1C=CC(C)=C(CN2CCCCC2C(=O)N2CCN(C)CC2)C(OC)=C1. The molecule has 0 saturated carbocycles. The highest BCUT2D eigenvalue weighted by Gasteiger charge is 2.34. The van der Waals surface area contributed by atoms with Gasteiger partial charge in [0.2, 0.25) is 5.91 Å². The van der Waals surface area contributed by atoms with Crippen LogP contribution < -0.4 is 0 Å². The molecule has 0 bridgehead atoms. The van der Waals surface area contributed by atoms with Crippen molar-refractivity contribution in [2.24, 2.45) is 5.92 Å². The van der Waals surface area contributed by atoms with Crippen molar-refractivity contribution in [3.05, 3.63) is 35.1 Å². The summed E-state index contributed by atoms with van der Waals surface area (Å²) < 4.78 is 5.79. The van der Waals surface area contributed by atoms with Gasteiger partial charge < -0.3 is 14.5 Å². The molecule has 2 atom stereocenters. The molecule has 2 saturated heterocycles. The molecule has 5 heteroatoms. The largest absolute Gasteiger partial charge is 0.497 e. The van der Waals surface area contributed by atoms with Crippen molar-refractivity contribution in [3.8, 4) is 0 Å². The number of piperazine rings is 1. The van der Waals surface area contributed by atoms with Gasteiger partial charge in [-0.2, -0.15) is 0 Å². The molecule has 2 heterocycles. The minimum Gasteiger partial charge on any atom is -0.497 e. The van der Waals surface area contributed by atoms with Crippen LogP contribution in [0.4, 0.5) is 0 Å². The number of ether oxygens (including phenoxy) is 1. The Labute approximate surface area is 170 Å². The van der Waals surface area contributed by atoms with E-state index in [0.29, 0.717) is 11.8 Å². The topological polar surface area (TPSA) is 36.0 Å². The normalized spacial score (nSPS) is 27.6. The van der Waals surface area contributed by atoms with Gasteiger partial charge in [-0.15, -0.1) is 0 Å². The number of allylic oxidation sites excluding steroid dienone is 4. The van der Waals surface area contributed by atoms with E-state index in [0.717, 1.165) is 70.7 Å². The molecule has 3 rings (SSSR count). The fourth-order valence-corrected chi connectivity index (χ4v) is 4.46. The van der Waals surface area contributed by atoms with Crippen LogP contribution in [0, 0.1) is 5.92 Å². The monoisotopic (exact) mass is 387 g/mol. The first kappa shape index (κ1) is 21.1. The quantitative estimate of drug-likeness (QED) is 0.726. The van der Waals surface area contributed by atoms with Crippen LogP contribution >= 0.6 is 0 Å². The molecule has 3 aliphatic rings. The Morgan fingerprint density at radius 3 is 2.61 bits per heavy atom. The maximum Gasteiger partial charge on any atom is 0.240 e. The summed E-state index contributed by atoms with van der Waals surface area (Å²) in [6, 6.07) is 0.00441. The molecular weight excluding hydrogens is 350 g/mol. The van der Waals surface area contributed by atoms with E-state index in [1.807, 2.05) is 0 Å². The lowest BCUT2D eigenvalue weighted by Crippen LogP contribution is -2.55. The van der Waals surface area contributed by atoms with Crippen LogP contribution in [0.5, 0.6) is 0 Å². The summed E-state index contributed by atoms with van der Waals surface area (Å²) in [7, 11) is 3.89. The van der Waals surface area contributed by atoms with Crippen molar-refractivity contribution in [3.63, 3.8) is 0 Å². The van der Waals surface area contributed by atoms with Crippen LogP contribution in [-0.4, -0.2) is 80.1 Å². The Hall–Kier alpha value is -1.59. The van der Waals surface area contributed by atoms with Gasteiger partial charge in [-0.05, 0) is 57.3 Å². The summed E-state index contributed by atoms with van der Waals surface area (Å²) in [4.78, 5) is 20.1. The van der Waals surface area contributed by atoms with Crippen LogP contribution in [0.25, 0.3) is 0 Å². The van der Waals surface area contributed by atoms with Crippen molar-refractivity contribution in [2.75, 3.05) is 53.4 Å². The second-order valence-corrected chi connectivity index (χ2v) is 8.44. The van der Waals surface area contributed by atoms with E-state index in [1.165, 1.54) is 11.1 Å². The van der Waals surface area contributed by atoms with Gasteiger partial charge in [-0.3, -0.25) is 9.69 Å². The third kappa shape index (κ3) is 4.87. The van der Waals surface area contributed by atoms with Gasteiger partial charge in [0.1, 0.15) is 5.76 Å².